The van der Waals surface area contributed by atoms with Gasteiger partial charge in [-0.1, -0.05) is 0 Å². The van der Waals surface area contributed by atoms with Crippen LogP contribution in [0.5, 0.6) is 0 Å². The Morgan fingerprint density at radius 3 is 2.48 bits per heavy atom. The molecule has 2 saturated heterocycles. The maximum atomic E-state index is 12.8. The highest BCUT2D eigenvalue weighted by Crippen LogP contribution is 2.28. The summed E-state index contributed by atoms with van der Waals surface area (Å²) in [6.45, 7) is 7.00. The fraction of sp³-hybridized carbons (Fsp3) is 0.667. The van der Waals surface area contributed by atoms with E-state index in [2.05, 4.69) is 5.32 Å². The number of carbonyl (C=O) groups excluding carboxylic acids is 1. The molecule has 7 nitrogen and oxygen atoms in total. The van der Waals surface area contributed by atoms with Crippen LogP contribution in [0.1, 0.15) is 9.75 Å². The molecule has 1 aromatic rings. The van der Waals surface area contributed by atoms with Crippen LogP contribution in [0.3, 0.4) is 0 Å². The van der Waals surface area contributed by atoms with Gasteiger partial charge in [-0.15, -0.1) is 23.7 Å². The summed E-state index contributed by atoms with van der Waals surface area (Å²) in [7, 11) is -3.48. The van der Waals surface area contributed by atoms with E-state index in [0.717, 1.165) is 16.3 Å². The zero-order valence-electron chi connectivity index (χ0n) is 14.4. The number of nitrogens with one attached hydrogen (secondary N) is 1. The SMILES string of the molecule is Cc1cc(S(=O)(=O)N2CCN(C(=O)C3CNCCO3)CC2)c(C)s1.Cl. The molecule has 1 aromatic heterocycles. The standard InChI is InChI=1S/C15H23N3O4S2.ClH/c1-11-9-14(12(2)23-11)24(20,21)18-6-4-17(5-7-18)15(19)13-10-16-3-8-22-13;/h9,13,16H,3-8,10H2,1-2H3;1H. The molecule has 1 atom stereocenters. The van der Waals surface area contributed by atoms with Crippen molar-refractivity contribution in [3.05, 3.63) is 15.8 Å². The van der Waals surface area contributed by atoms with Gasteiger partial charge in [0.05, 0.1) is 11.5 Å². The number of rotatable bonds is 3. The maximum Gasteiger partial charge on any atom is 0.253 e. The van der Waals surface area contributed by atoms with Crippen LogP contribution in [0.4, 0.5) is 0 Å². The second kappa shape index (κ2) is 8.32. The number of amides is 1. The van der Waals surface area contributed by atoms with E-state index >= 15 is 0 Å². The summed E-state index contributed by atoms with van der Waals surface area (Å²) in [5.74, 6) is -0.0539. The molecule has 3 heterocycles. The number of aryl methyl sites for hydroxylation is 2. The van der Waals surface area contributed by atoms with Gasteiger partial charge in [-0.3, -0.25) is 4.79 Å². The fourth-order valence-electron chi connectivity index (χ4n) is 3.08. The van der Waals surface area contributed by atoms with Gasteiger partial charge in [-0.25, -0.2) is 8.42 Å². The van der Waals surface area contributed by atoms with E-state index in [1.54, 1.807) is 11.0 Å². The Hall–Kier alpha value is -0.710. The first-order valence-electron chi connectivity index (χ1n) is 8.08. The average molecular weight is 410 g/mol. The van der Waals surface area contributed by atoms with Crippen molar-refractivity contribution >= 4 is 39.7 Å². The first kappa shape index (κ1) is 20.6. The van der Waals surface area contributed by atoms with Crippen molar-refractivity contribution < 1.29 is 17.9 Å². The Morgan fingerprint density at radius 1 is 1.28 bits per heavy atom. The molecule has 0 bridgehead atoms. The number of carbonyl (C=O) groups is 1. The van der Waals surface area contributed by atoms with Crippen LogP contribution in [0.25, 0.3) is 0 Å². The average Bonchev–Trinajstić information content (AvgIpc) is 2.94. The molecule has 0 aromatic carbocycles. The molecule has 2 aliphatic rings. The number of ether oxygens (including phenoxy) is 1. The van der Waals surface area contributed by atoms with Crippen molar-refractivity contribution in [3.63, 3.8) is 0 Å². The van der Waals surface area contributed by atoms with Gasteiger partial charge in [-0.05, 0) is 19.9 Å². The Kier molecular flexibility index (Phi) is 6.86. The molecule has 142 valence electrons. The number of nitrogens with zero attached hydrogens (tertiary/aromatic N) is 2. The molecule has 0 radical (unpaired) electrons. The van der Waals surface area contributed by atoms with E-state index in [-0.39, 0.29) is 18.3 Å². The number of sulfonamides is 1. The zero-order valence-corrected chi connectivity index (χ0v) is 16.8. The molecule has 1 unspecified atom stereocenters. The third-order valence-corrected chi connectivity index (χ3v) is 7.49. The van der Waals surface area contributed by atoms with Crippen molar-refractivity contribution in [2.24, 2.45) is 0 Å². The van der Waals surface area contributed by atoms with Crippen molar-refractivity contribution in [1.29, 1.82) is 0 Å². The van der Waals surface area contributed by atoms with Gasteiger partial charge in [0.2, 0.25) is 10.0 Å². The second-order valence-corrected chi connectivity index (χ2v) is 9.44. The first-order valence-corrected chi connectivity index (χ1v) is 10.3. The molecule has 1 amide bonds. The summed E-state index contributed by atoms with van der Waals surface area (Å²) in [6.07, 6.45) is -0.455. The molecule has 25 heavy (non-hydrogen) atoms. The molecular formula is C15H24ClN3O4S2. The van der Waals surface area contributed by atoms with E-state index in [1.165, 1.54) is 15.6 Å². The molecule has 1 N–H and O–H groups in total. The maximum absolute atomic E-state index is 12.8. The summed E-state index contributed by atoms with van der Waals surface area (Å²) < 4.78 is 32.6. The zero-order chi connectivity index (χ0) is 17.3. The normalized spacial score (nSPS) is 22.5. The Labute approximate surface area is 158 Å². The topological polar surface area (TPSA) is 79.0 Å². The predicted molar refractivity (Wildman–Crippen MR) is 99.0 cm³/mol. The number of halogens is 1. The van der Waals surface area contributed by atoms with Crippen molar-refractivity contribution in [3.8, 4) is 0 Å². The summed E-state index contributed by atoms with van der Waals surface area (Å²) in [5.41, 5.74) is 0. The van der Waals surface area contributed by atoms with Crippen molar-refractivity contribution in [2.45, 2.75) is 24.8 Å². The van der Waals surface area contributed by atoms with Crippen molar-refractivity contribution in [1.82, 2.24) is 14.5 Å². The van der Waals surface area contributed by atoms with Gasteiger partial charge >= 0.3 is 0 Å². The lowest BCUT2D eigenvalue weighted by Gasteiger charge is -2.36. The lowest BCUT2D eigenvalue weighted by Crippen LogP contribution is -2.55. The van der Waals surface area contributed by atoms with Gasteiger partial charge in [0.25, 0.3) is 5.91 Å². The fourth-order valence-corrected chi connectivity index (χ4v) is 6.03. The number of hydrogen-bond donors (Lipinski definition) is 1. The Balaban J connectivity index is 0.00000225. The Bertz CT molecular complexity index is 708. The lowest BCUT2D eigenvalue weighted by atomic mass is 10.2. The number of piperazine rings is 1. The summed E-state index contributed by atoms with van der Waals surface area (Å²) >= 11 is 1.49. The number of morpholine rings is 1. The van der Waals surface area contributed by atoms with E-state index < -0.39 is 16.1 Å². The van der Waals surface area contributed by atoms with E-state index in [1.807, 2.05) is 13.8 Å². The molecule has 0 spiro atoms. The van der Waals surface area contributed by atoms with Gasteiger partial charge in [0, 0.05) is 49.0 Å². The molecule has 3 rings (SSSR count). The smallest absolute Gasteiger partial charge is 0.253 e. The van der Waals surface area contributed by atoms with E-state index in [4.69, 9.17) is 4.74 Å². The van der Waals surface area contributed by atoms with Crippen LogP contribution in [-0.2, 0) is 19.6 Å². The highest BCUT2D eigenvalue weighted by atomic mass is 35.5. The van der Waals surface area contributed by atoms with Crippen LogP contribution in [0.15, 0.2) is 11.0 Å². The van der Waals surface area contributed by atoms with Crippen LogP contribution in [0.2, 0.25) is 0 Å². The first-order chi connectivity index (χ1) is 11.4. The predicted octanol–water partition coefficient (Wildman–Crippen LogP) is 0.608. The van der Waals surface area contributed by atoms with Crippen LogP contribution in [-0.4, -0.2) is 75.5 Å². The molecule has 0 aliphatic carbocycles. The minimum atomic E-state index is -3.48. The summed E-state index contributed by atoms with van der Waals surface area (Å²) in [5, 5.41) is 3.14. The van der Waals surface area contributed by atoms with Gasteiger partial charge in [0.1, 0.15) is 6.10 Å². The van der Waals surface area contributed by atoms with Crippen LogP contribution in [0, 0.1) is 13.8 Å². The third kappa shape index (κ3) is 4.35. The van der Waals surface area contributed by atoms with Gasteiger partial charge in [-0.2, -0.15) is 4.31 Å². The molecule has 10 heteroatoms. The van der Waals surface area contributed by atoms with Crippen molar-refractivity contribution in [2.75, 3.05) is 45.9 Å². The largest absolute Gasteiger partial charge is 0.366 e. The number of thiophene rings is 1. The summed E-state index contributed by atoms with van der Waals surface area (Å²) in [4.78, 5) is 16.3. The highest BCUT2D eigenvalue weighted by Gasteiger charge is 2.34. The summed E-state index contributed by atoms with van der Waals surface area (Å²) in [6, 6.07) is 1.73. The van der Waals surface area contributed by atoms with Crippen LogP contribution < -0.4 is 5.32 Å². The minimum absolute atomic E-state index is 0. The van der Waals surface area contributed by atoms with Gasteiger partial charge in [0.15, 0.2) is 0 Å². The Morgan fingerprint density at radius 2 is 1.96 bits per heavy atom. The molecule has 2 fully saturated rings. The van der Waals surface area contributed by atoms with E-state index in [0.29, 0.717) is 44.2 Å². The highest BCUT2D eigenvalue weighted by molar-refractivity contribution is 7.89. The second-order valence-electron chi connectivity index (χ2n) is 6.07. The third-order valence-electron chi connectivity index (χ3n) is 4.37. The minimum Gasteiger partial charge on any atom is -0.366 e. The van der Waals surface area contributed by atoms with Gasteiger partial charge < -0.3 is 15.0 Å². The molecule has 2 aliphatic heterocycles. The molecule has 0 saturated carbocycles. The monoisotopic (exact) mass is 409 g/mol. The van der Waals surface area contributed by atoms with Crippen LogP contribution >= 0.6 is 23.7 Å². The number of hydrogen-bond acceptors (Lipinski definition) is 6. The quantitative estimate of drug-likeness (QED) is 0.791. The molecular weight excluding hydrogens is 386 g/mol. The van der Waals surface area contributed by atoms with E-state index in [9.17, 15) is 13.2 Å². The lowest BCUT2D eigenvalue weighted by molar-refractivity contribution is -0.146.